The Morgan fingerprint density at radius 1 is 1.30 bits per heavy atom. The second kappa shape index (κ2) is 5.92. The van der Waals surface area contributed by atoms with E-state index in [0.717, 1.165) is 30.8 Å². The summed E-state index contributed by atoms with van der Waals surface area (Å²) in [5.41, 5.74) is 3.79. The third-order valence-electron chi connectivity index (χ3n) is 3.45. The van der Waals surface area contributed by atoms with Crippen molar-refractivity contribution in [2.75, 3.05) is 13.1 Å². The van der Waals surface area contributed by atoms with Gasteiger partial charge in [-0.2, -0.15) is 5.10 Å². The van der Waals surface area contributed by atoms with E-state index >= 15 is 0 Å². The van der Waals surface area contributed by atoms with Gasteiger partial charge in [-0.05, 0) is 36.2 Å². The van der Waals surface area contributed by atoms with Crippen molar-refractivity contribution in [2.45, 2.75) is 13.0 Å². The molecule has 0 unspecified atom stereocenters. The lowest BCUT2D eigenvalue weighted by Gasteiger charge is -2.14. The Hall–Kier alpha value is -2.07. The van der Waals surface area contributed by atoms with Crippen LogP contribution < -0.4 is 10.1 Å². The van der Waals surface area contributed by atoms with E-state index in [1.165, 1.54) is 11.1 Å². The molecule has 1 aromatic carbocycles. The lowest BCUT2D eigenvalue weighted by molar-refractivity contribution is 0.306. The smallest absolute Gasteiger partial charge is 0.119 e. The molecule has 1 aliphatic heterocycles. The minimum absolute atomic E-state index is 0.555. The highest BCUT2D eigenvalue weighted by Crippen LogP contribution is 2.22. The summed E-state index contributed by atoms with van der Waals surface area (Å²) in [7, 11) is 1.91. The average molecular weight is 269 g/mol. The van der Waals surface area contributed by atoms with Gasteiger partial charge in [-0.1, -0.05) is 18.2 Å². The van der Waals surface area contributed by atoms with Crippen LogP contribution in [0.15, 0.2) is 42.7 Å². The van der Waals surface area contributed by atoms with Crippen LogP contribution in [0.2, 0.25) is 0 Å². The van der Waals surface area contributed by atoms with Crippen molar-refractivity contribution in [3.05, 3.63) is 53.9 Å². The van der Waals surface area contributed by atoms with Gasteiger partial charge in [-0.15, -0.1) is 0 Å². The molecule has 2 aromatic rings. The summed E-state index contributed by atoms with van der Waals surface area (Å²) in [6, 6.07) is 8.34. The first-order valence-corrected chi connectivity index (χ1v) is 6.92. The van der Waals surface area contributed by atoms with Crippen LogP contribution in [0, 0.1) is 0 Å². The van der Waals surface area contributed by atoms with Gasteiger partial charge in [0, 0.05) is 25.4 Å². The molecule has 0 saturated heterocycles. The molecule has 0 bridgehead atoms. The monoisotopic (exact) mass is 269 g/mol. The van der Waals surface area contributed by atoms with Gasteiger partial charge in [-0.3, -0.25) is 4.68 Å². The third-order valence-corrected chi connectivity index (χ3v) is 3.45. The normalized spacial score (nSPS) is 14.9. The van der Waals surface area contributed by atoms with E-state index in [0.29, 0.717) is 6.61 Å². The van der Waals surface area contributed by atoms with Crippen molar-refractivity contribution in [2.24, 2.45) is 7.05 Å². The van der Waals surface area contributed by atoms with Gasteiger partial charge < -0.3 is 10.1 Å². The fraction of sp³-hybridized carbons (Fsp3) is 0.312. The first-order chi connectivity index (χ1) is 9.81. The molecule has 104 valence electrons. The van der Waals surface area contributed by atoms with Crippen LogP contribution in [0.25, 0.3) is 5.57 Å². The summed E-state index contributed by atoms with van der Waals surface area (Å²) < 4.78 is 7.55. The molecule has 0 spiro atoms. The van der Waals surface area contributed by atoms with Gasteiger partial charge in [0.1, 0.15) is 12.4 Å². The molecule has 0 saturated carbocycles. The van der Waals surface area contributed by atoms with Crippen molar-refractivity contribution < 1.29 is 4.74 Å². The van der Waals surface area contributed by atoms with Crippen LogP contribution in [0.5, 0.6) is 5.75 Å². The number of benzene rings is 1. The second-order valence-corrected chi connectivity index (χ2v) is 5.02. The maximum absolute atomic E-state index is 5.76. The first-order valence-electron chi connectivity index (χ1n) is 6.92. The Morgan fingerprint density at radius 2 is 2.15 bits per heavy atom. The van der Waals surface area contributed by atoms with E-state index < -0.39 is 0 Å². The summed E-state index contributed by atoms with van der Waals surface area (Å²) >= 11 is 0. The van der Waals surface area contributed by atoms with E-state index in [1.54, 1.807) is 4.68 Å². The van der Waals surface area contributed by atoms with Crippen LogP contribution in [0.3, 0.4) is 0 Å². The SMILES string of the molecule is Cn1cc(COc2ccc(C3=CCNCC3)cc2)cn1. The predicted molar refractivity (Wildman–Crippen MR) is 79.4 cm³/mol. The molecular formula is C16H19N3O. The minimum Gasteiger partial charge on any atom is -0.489 e. The zero-order valence-corrected chi connectivity index (χ0v) is 11.7. The van der Waals surface area contributed by atoms with Gasteiger partial charge in [0.05, 0.1) is 6.20 Å². The summed E-state index contributed by atoms with van der Waals surface area (Å²) in [6.07, 6.45) is 7.15. The molecule has 0 atom stereocenters. The summed E-state index contributed by atoms with van der Waals surface area (Å²) in [5.74, 6) is 0.895. The number of nitrogens with one attached hydrogen (secondary N) is 1. The van der Waals surface area contributed by atoms with E-state index in [4.69, 9.17) is 4.74 Å². The molecule has 1 aliphatic rings. The van der Waals surface area contributed by atoms with E-state index in [2.05, 4.69) is 28.6 Å². The van der Waals surface area contributed by atoms with E-state index in [-0.39, 0.29) is 0 Å². The molecule has 4 nitrogen and oxygen atoms in total. The number of nitrogens with zero attached hydrogens (tertiary/aromatic N) is 2. The van der Waals surface area contributed by atoms with E-state index in [1.807, 2.05) is 31.6 Å². The Bertz CT molecular complexity index is 598. The summed E-state index contributed by atoms with van der Waals surface area (Å²) in [5, 5.41) is 7.45. The lowest BCUT2D eigenvalue weighted by Crippen LogP contribution is -2.19. The first kappa shape index (κ1) is 12.9. The Labute approximate surface area is 119 Å². The fourth-order valence-corrected chi connectivity index (χ4v) is 2.36. The number of aryl methyl sites for hydroxylation is 1. The maximum Gasteiger partial charge on any atom is 0.119 e. The van der Waals surface area contributed by atoms with Gasteiger partial charge in [0.25, 0.3) is 0 Å². The molecule has 20 heavy (non-hydrogen) atoms. The molecule has 3 rings (SSSR count). The van der Waals surface area contributed by atoms with Crippen molar-refractivity contribution in [3.8, 4) is 5.75 Å². The molecule has 1 aromatic heterocycles. The molecule has 2 heterocycles. The largest absolute Gasteiger partial charge is 0.489 e. The van der Waals surface area contributed by atoms with Crippen molar-refractivity contribution >= 4 is 5.57 Å². The van der Waals surface area contributed by atoms with Gasteiger partial charge in [0.15, 0.2) is 0 Å². The average Bonchev–Trinajstić information content (AvgIpc) is 2.92. The topological polar surface area (TPSA) is 39.1 Å². The zero-order chi connectivity index (χ0) is 13.8. The maximum atomic E-state index is 5.76. The van der Waals surface area contributed by atoms with E-state index in [9.17, 15) is 0 Å². The highest BCUT2D eigenvalue weighted by atomic mass is 16.5. The molecular weight excluding hydrogens is 250 g/mol. The zero-order valence-electron chi connectivity index (χ0n) is 11.7. The fourth-order valence-electron chi connectivity index (χ4n) is 2.36. The third kappa shape index (κ3) is 3.08. The van der Waals surface area contributed by atoms with Gasteiger partial charge in [0.2, 0.25) is 0 Å². The second-order valence-electron chi connectivity index (χ2n) is 5.02. The molecule has 0 radical (unpaired) electrons. The molecule has 4 heteroatoms. The highest BCUT2D eigenvalue weighted by molar-refractivity contribution is 5.67. The minimum atomic E-state index is 0.555. The van der Waals surface area contributed by atoms with Crippen LogP contribution in [0.4, 0.5) is 0 Å². The number of rotatable bonds is 4. The number of hydrogen-bond donors (Lipinski definition) is 1. The van der Waals surface area contributed by atoms with Crippen LogP contribution in [-0.4, -0.2) is 22.9 Å². The number of hydrogen-bond acceptors (Lipinski definition) is 3. The molecule has 1 N–H and O–H groups in total. The molecule has 0 amide bonds. The summed E-state index contributed by atoms with van der Waals surface area (Å²) in [6.45, 7) is 2.58. The standard InChI is InChI=1S/C16H19N3O/c1-19-11-13(10-18-19)12-20-16-4-2-14(3-5-16)15-6-8-17-9-7-15/h2-6,10-11,17H,7-9,12H2,1H3. The summed E-state index contributed by atoms with van der Waals surface area (Å²) in [4.78, 5) is 0. The van der Waals surface area contributed by atoms with Crippen molar-refractivity contribution in [3.63, 3.8) is 0 Å². The quantitative estimate of drug-likeness (QED) is 0.926. The predicted octanol–water partition coefficient (Wildman–Crippen LogP) is 2.38. The van der Waals surface area contributed by atoms with Gasteiger partial charge >= 0.3 is 0 Å². The van der Waals surface area contributed by atoms with Crippen LogP contribution >= 0.6 is 0 Å². The molecule has 0 fully saturated rings. The van der Waals surface area contributed by atoms with Crippen molar-refractivity contribution in [1.29, 1.82) is 0 Å². The van der Waals surface area contributed by atoms with Crippen molar-refractivity contribution in [1.82, 2.24) is 15.1 Å². The molecule has 0 aliphatic carbocycles. The van der Waals surface area contributed by atoms with Crippen LogP contribution in [0.1, 0.15) is 17.5 Å². The lowest BCUT2D eigenvalue weighted by atomic mass is 10.0. The number of aromatic nitrogens is 2. The Kier molecular flexibility index (Phi) is 3.83. The highest BCUT2D eigenvalue weighted by Gasteiger charge is 2.06. The Morgan fingerprint density at radius 3 is 2.80 bits per heavy atom. The number of ether oxygens (including phenoxy) is 1. The van der Waals surface area contributed by atoms with Crippen LogP contribution in [-0.2, 0) is 13.7 Å². The van der Waals surface area contributed by atoms with Gasteiger partial charge in [-0.25, -0.2) is 0 Å². The Balaban J connectivity index is 1.62.